The molecule has 8 nitrogen and oxygen atoms in total. The van der Waals surface area contributed by atoms with E-state index in [1.807, 2.05) is 0 Å². The maximum atomic E-state index is 12.7. The molecule has 0 bridgehead atoms. The van der Waals surface area contributed by atoms with Crippen LogP contribution in [0.15, 0.2) is 76.7 Å². The van der Waals surface area contributed by atoms with Crippen molar-refractivity contribution in [1.29, 1.82) is 0 Å². The maximum Gasteiger partial charge on any atom is 0.416 e. The highest BCUT2D eigenvalue weighted by Gasteiger charge is 2.31. The third-order valence-corrected chi connectivity index (χ3v) is 6.04. The van der Waals surface area contributed by atoms with Gasteiger partial charge in [0.25, 0.3) is 0 Å². The number of halogens is 3. The maximum absolute atomic E-state index is 12.7. The van der Waals surface area contributed by atoms with Crippen LogP contribution < -0.4 is 19.1 Å². The van der Waals surface area contributed by atoms with Crippen molar-refractivity contribution in [3.8, 4) is 17.2 Å². The molecule has 0 spiro atoms. The first kappa shape index (κ1) is 26.5. The van der Waals surface area contributed by atoms with Gasteiger partial charge in [-0.2, -0.15) is 26.7 Å². The minimum Gasteiger partial charge on any atom is -0.493 e. The predicted octanol–water partition coefficient (Wildman–Crippen LogP) is 4.18. The molecule has 0 aliphatic carbocycles. The quantitative estimate of drug-likeness (QED) is 0.257. The third-order valence-electron chi connectivity index (χ3n) is 4.79. The summed E-state index contributed by atoms with van der Waals surface area (Å²) in [7, 11) is -1.46. The van der Waals surface area contributed by atoms with Crippen LogP contribution in [0.3, 0.4) is 0 Å². The topological polar surface area (TPSA) is 103 Å². The Morgan fingerprint density at radius 3 is 2.25 bits per heavy atom. The summed E-state index contributed by atoms with van der Waals surface area (Å²) in [6.07, 6.45) is -3.43. The lowest BCUT2D eigenvalue weighted by Gasteiger charge is -2.11. The van der Waals surface area contributed by atoms with Gasteiger partial charge in [-0.15, -0.1) is 0 Å². The van der Waals surface area contributed by atoms with Crippen molar-refractivity contribution >= 4 is 22.2 Å². The molecule has 3 aromatic carbocycles. The fourth-order valence-electron chi connectivity index (χ4n) is 3.03. The van der Waals surface area contributed by atoms with Gasteiger partial charge < -0.3 is 13.7 Å². The number of rotatable bonds is 9. The van der Waals surface area contributed by atoms with Gasteiger partial charge in [0, 0.05) is 5.56 Å². The van der Waals surface area contributed by atoms with Gasteiger partial charge in [-0.25, -0.2) is 5.43 Å². The van der Waals surface area contributed by atoms with Crippen LogP contribution in [0.4, 0.5) is 13.2 Å². The lowest BCUT2D eigenvalue weighted by Crippen LogP contribution is -2.20. The number of nitrogens with one attached hydrogen (secondary N) is 1. The highest BCUT2D eigenvalue weighted by Crippen LogP contribution is 2.30. The average Bonchev–Trinajstić information content (AvgIpc) is 2.84. The Morgan fingerprint density at radius 1 is 0.944 bits per heavy atom. The van der Waals surface area contributed by atoms with E-state index in [2.05, 4.69) is 10.5 Å². The number of hydrazone groups is 1. The number of hydrogen-bond acceptors (Lipinski definition) is 7. The lowest BCUT2D eigenvalue weighted by molar-refractivity contribution is -0.137. The molecule has 0 fully saturated rings. The van der Waals surface area contributed by atoms with Crippen molar-refractivity contribution in [3.63, 3.8) is 0 Å². The summed E-state index contributed by atoms with van der Waals surface area (Å²) in [5, 5.41) is 3.84. The Kier molecular flexibility index (Phi) is 8.20. The number of benzene rings is 3. The average molecular weight is 523 g/mol. The van der Waals surface area contributed by atoms with Crippen molar-refractivity contribution < 1.29 is 40.0 Å². The van der Waals surface area contributed by atoms with Gasteiger partial charge in [-0.1, -0.05) is 18.2 Å². The highest BCUT2D eigenvalue weighted by molar-refractivity contribution is 7.87. The SMILES string of the molecule is COc1ccc(CC(=O)N/N=C/c2ccccc2OS(=O)(=O)c2ccc(C(F)(F)F)cc2)cc1OC. The van der Waals surface area contributed by atoms with Crippen LogP contribution in [0.5, 0.6) is 17.2 Å². The summed E-state index contributed by atoms with van der Waals surface area (Å²) in [5.41, 5.74) is 2.20. The first-order valence-electron chi connectivity index (χ1n) is 10.3. The molecule has 1 N–H and O–H groups in total. The van der Waals surface area contributed by atoms with Crippen LogP contribution >= 0.6 is 0 Å². The number of amides is 1. The molecular formula is C24H21F3N2O6S. The van der Waals surface area contributed by atoms with Gasteiger partial charge in [0.2, 0.25) is 5.91 Å². The molecule has 0 saturated carbocycles. The van der Waals surface area contributed by atoms with Crippen molar-refractivity contribution in [2.45, 2.75) is 17.5 Å². The van der Waals surface area contributed by atoms with Crippen molar-refractivity contribution in [3.05, 3.63) is 83.4 Å². The molecule has 1 amide bonds. The Bertz CT molecular complexity index is 1360. The zero-order valence-electron chi connectivity index (χ0n) is 19.1. The van der Waals surface area contributed by atoms with Crippen LogP contribution in [0.2, 0.25) is 0 Å². The smallest absolute Gasteiger partial charge is 0.416 e. The molecule has 12 heteroatoms. The molecule has 190 valence electrons. The highest BCUT2D eigenvalue weighted by atomic mass is 32.2. The van der Waals surface area contributed by atoms with E-state index in [0.29, 0.717) is 29.2 Å². The van der Waals surface area contributed by atoms with E-state index in [1.54, 1.807) is 24.3 Å². The Labute approximate surface area is 205 Å². The van der Waals surface area contributed by atoms with Crippen LogP contribution in [0.1, 0.15) is 16.7 Å². The van der Waals surface area contributed by atoms with Gasteiger partial charge in [0.1, 0.15) is 4.90 Å². The van der Waals surface area contributed by atoms with E-state index < -0.39 is 32.7 Å². The summed E-state index contributed by atoms with van der Waals surface area (Å²) < 4.78 is 78.8. The molecule has 0 radical (unpaired) electrons. The minimum atomic E-state index is -4.60. The molecule has 0 heterocycles. The van der Waals surface area contributed by atoms with Crippen LogP contribution in [-0.2, 0) is 27.5 Å². The number of carbonyl (C=O) groups excluding carboxylic acids is 1. The van der Waals surface area contributed by atoms with Crippen LogP contribution in [-0.4, -0.2) is 34.8 Å². The van der Waals surface area contributed by atoms with E-state index in [-0.39, 0.29) is 17.7 Å². The molecular weight excluding hydrogens is 501 g/mol. The van der Waals surface area contributed by atoms with E-state index in [9.17, 15) is 26.4 Å². The molecule has 0 aromatic heterocycles. The minimum absolute atomic E-state index is 0.0157. The Balaban J connectivity index is 1.68. The fourth-order valence-corrected chi connectivity index (χ4v) is 3.98. The Hall–Kier alpha value is -4.06. The molecule has 0 aliphatic heterocycles. The predicted molar refractivity (Wildman–Crippen MR) is 125 cm³/mol. The summed E-state index contributed by atoms with van der Waals surface area (Å²) in [4.78, 5) is 11.8. The van der Waals surface area contributed by atoms with Crippen molar-refractivity contribution in [2.24, 2.45) is 5.10 Å². The zero-order chi connectivity index (χ0) is 26.3. The molecule has 0 atom stereocenters. The number of methoxy groups -OCH3 is 2. The molecule has 0 aliphatic rings. The molecule has 3 rings (SSSR count). The van der Waals surface area contributed by atoms with E-state index in [0.717, 1.165) is 12.1 Å². The third kappa shape index (κ3) is 6.75. The summed E-state index contributed by atoms with van der Waals surface area (Å²) in [5.74, 6) is 0.402. The lowest BCUT2D eigenvalue weighted by atomic mass is 10.1. The zero-order valence-corrected chi connectivity index (χ0v) is 19.9. The number of alkyl halides is 3. The van der Waals surface area contributed by atoms with Gasteiger partial charge in [0.15, 0.2) is 17.2 Å². The summed E-state index contributed by atoms with van der Waals surface area (Å²) in [6.45, 7) is 0. The first-order chi connectivity index (χ1) is 17.0. The number of hydrogen-bond donors (Lipinski definition) is 1. The number of carbonyl (C=O) groups is 1. The first-order valence-corrected chi connectivity index (χ1v) is 11.7. The number of para-hydroxylation sites is 1. The monoisotopic (exact) mass is 522 g/mol. The normalized spacial score (nSPS) is 11.8. The molecule has 0 unspecified atom stereocenters. The number of ether oxygens (including phenoxy) is 2. The largest absolute Gasteiger partial charge is 0.493 e. The molecule has 3 aromatic rings. The second-order valence-electron chi connectivity index (χ2n) is 7.26. The van der Waals surface area contributed by atoms with Crippen molar-refractivity contribution in [1.82, 2.24) is 5.43 Å². The second kappa shape index (κ2) is 11.1. The fraction of sp³-hybridized carbons (Fsp3) is 0.167. The Morgan fingerprint density at radius 2 is 1.61 bits per heavy atom. The summed E-state index contributed by atoms with van der Waals surface area (Å²) >= 11 is 0. The molecule has 0 saturated heterocycles. The van der Waals surface area contributed by atoms with Gasteiger partial charge in [-0.05, 0) is 54.1 Å². The summed E-state index contributed by atoms with van der Waals surface area (Å²) in [6, 6.07) is 13.8. The second-order valence-corrected chi connectivity index (χ2v) is 8.80. The van der Waals surface area contributed by atoms with Gasteiger partial charge in [-0.3, -0.25) is 4.79 Å². The van der Waals surface area contributed by atoms with Crippen molar-refractivity contribution in [2.75, 3.05) is 14.2 Å². The van der Waals surface area contributed by atoms with E-state index in [4.69, 9.17) is 13.7 Å². The van der Waals surface area contributed by atoms with Crippen LogP contribution in [0.25, 0.3) is 0 Å². The number of nitrogens with zero attached hydrogens (tertiary/aromatic N) is 1. The van der Waals surface area contributed by atoms with Gasteiger partial charge >= 0.3 is 16.3 Å². The van der Waals surface area contributed by atoms with E-state index in [1.165, 1.54) is 38.6 Å². The van der Waals surface area contributed by atoms with E-state index >= 15 is 0 Å². The molecule has 36 heavy (non-hydrogen) atoms. The van der Waals surface area contributed by atoms with Crippen LogP contribution in [0, 0.1) is 0 Å². The van der Waals surface area contributed by atoms with Gasteiger partial charge in [0.05, 0.1) is 32.4 Å². The standard InChI is InChI=1S/C24H21F3N2O6S/c1-33-21-12-7-16(13-22(21)34-2)14-23(30)29-28-15-17-5-3-4-6-20(17)35-36(31,32)19-10-8-18(9-11-19)24(25,26)27/h3-13,15H,14H2,1-2H3,(H,29,30)/b28-15+.